The monoisotopic (exact) mass is 379 g/mol. The number of nitrogens with one attached hydrogen (secondary N) is 2. The molecule has 1 aromatic carbocycles. The molecule has 0 aliphatic carbocycles. The summed E-state index contributed by atoms with van der Waals surface area (Å²) in [6.07, 6.45) is 2.30. The standard InChI is InChI=1S/C16H23Cl2N3O.ClH/c1-11(12-5-6-14(17)15(18)8-12)20-16(22)10-21-7-3-4-13(9-21)19-2;/h5-6,8,11,13,19H,3-4,7,9-10H2,1-2H3,(H,20,22);1H. The van der Waals surface area contributed by atoms with Gasteiger partial charge in [0.15, 0.2) is 0 Å². The topological polar surface area (TPSA) is 44.4 Å². The lowest BCUT2D eigenvalue weighted by molar-refractivity contribution is -0.123. The van der Waals surface area contributed by atoms with Crippen LogP contribution < -0.4 is 10.6 Å². The first-order chi connectivity index (χ1) is 10.5. The van der Waals surface area contributed by atoms with E-state index in [1.54, 1.807) is 12.1 Å². The number of rotatable bonds is 5. The van der Waals surface area contributed by atoms with Gasteiger partial charge in [0.1, 0.15) is 0 Å². The molecule has 2 rings (SSSR count). The lowest BCUT2D eigenvalue weighted by atomic mass is 10.1. The summed E-state index contributed by atoms with van der Waals surface area (Å²) >= 11 is 11.9. The van der Waals surface area contributed by atoms with Crippen LogP contribution in [0.1, 0.15) is 31.4 Å². The van der Waals surface area contributed by atoms with E-state index in [-0.39, 0.29) is 24.4 Å². The number of likely N-dealkylation sites (tertiary alicyclic amines) is 1. The van der Waals surface area contributed by atoms with Crippen LogP contribution in [-0.2, 0) is 4.79 Å². The third kappa shape index (κ3) is 6.12. The zero-order chi connectivity index (χ0) is 16.1. The molecule has 2 atom stereocenters. The second-order valence-corrected chi connectivity index (χ2v) is 6.64. The lowest BCUT2D eigenvalue weighted by Gasteiger charge is -2.32. The van der Waals surface area contributed by atoms with E-state index in [1.165, 1.54) is 6.42 Å². The van der Waals surface area contributed by atoms with Gasteiger partial charge in [-0.1, -0.05) is 29.3 Å². The highest BCUT2D eigenvalue weighted by Gasteiger charge is 2.21. The predicted molar refractivity (Wildman–Crippen MR) is 98.8 cm³/mol. The van der Waals surface area contributed by atoms with Crippen molar-refractivity contribution in [3.8, 4) is 0 Å². The quantitative estimate of drug-likeness (QED) is 0.824. The number of carbonyl (C=O) groups is 1. The van der Waals surface area contributed by atoms with Crippen LogP contribution in [0.4, 0.5) is 0 Å². The van der Waals surface area contributed by atoms with Gasteiger partial charge in [-0.15, -0.1) is 12.4 Å². The maximum atomic E-state index is 12.2. The summed E-state index contributed by atoms with van der Waals surface area (Å²) in [5.41, 5.74) is 0.953. The van der Waals surface area contributed by atoms with E-state index in [4.69, 9.17) is 23.2 Å². The van der Waals surface area contributed by atoms with Gasteiger partial charge in [0.2, 0.25) is 5.91 Å². The van der Waals surface area contributed by atoms with Crippen molar-refractivity contribution in [2.75, 3.05) is 26.7 Å². The second kappa shape index (κ2) is 9.70. The minimum Gasteiger partial charge on any atom is -0.348 e. The summed E-state index contributed by atoms with van der Waals surface area (Å²) in [4.78, 5) is 14.4. The number of piperidine rings is 1. The Bertz CT molecular complexity index is 527. The van der Waals surface area contributed by atoms with Gasteiger partial charge in [-0.2, -0.15) is 0 Å². The Labute approximate surface area is 154 Å². The number of hydrogen-bond acceptors (Lipinski definition) is 3. The van der Waals surface area contributed by atoms with Crippen LogP contribution >= 0.6 is 35.6 Å². The Kier molecular flexibility index (Phi) is 8.65. The maximum absolute atomic E-state index is 12.2. The van der Waals surface area contributed by atoms with Crippen LogP contribution in [0, 0.1) is 0 Å². The van der Waals surface area contributed by atoms with Gasteiger partial charge in [0.25, 0.3) is 0 Å². The summed E-state index contributed by atoms with van der Waals surface area (Å²) in [7, 11) is 1.97. The molecule has 0 bridgehead atoms. The number of benzene rings is 1. The number of amides is 1. The predicted octanol–water partition coefficient (Wildman–Crippen LogP) is 3.28. The van der Waals surface area contributed by atoms with Crippen molar-refractivity contribution in [2.45, 2.75) is 31.8 Å². The van der Waals surface area contributed by atoms with Gasteiger partial charge >= 0.3 is 0 Å². The first-order valence-corrected chi connectivity index (χ1v) is 8.39. The Balaban J connectivity index is 0.00000264. The van der Waals surface area contributed by atoms with Crippen LogP contribution in [0.3, 0.4) is 0 Å². The van der Waals surface area contributed by atoms with Gasteiger partial charge in [0.05, 0.1) is 22.6 Å². The molecule has 1 fully saturated rings. The lowest BCUT2D eigenvalue weighted by Crippen LogP contribution is -2.48. The molecule has 23 heavy (non-hydrogen) atoms. The fourth-order valence-corrected chi connectivity index (χ4v) is 3.10. The Hall–Kier alpha value is -0.520. The summed E-state index contributed by atoms with van der Waals surface area (Å²) in [6, 6.07) is 5.83. The highest BCUT2D eigenvalue weighted by molar-refractivity contribution is 6.42. The normalized spacial score (nSPS) is 19.7. The van der Waals surface area contributed by atoms with Crippen LogP contribution in [0.5, 0.6) is 0 Å². The number of likely N-dealkylation sites (N-methyl/N-ethyl adjacent to an activating group) is 1. The van der Waals surface area contributed by atoms with Crippen molar-refractivity contribution in [2.24, 2.45) is 0 Å². The van der Waals surface area contributed by atoms with Crippen molar-refractivity contribution in [1.29, 1.82) is 0 Å². The molecule has 1 aliphatic rings. The highest BCUT2D eigenvalue weighted by Crippen LogP contribution is 2.25. The van der Waals surface area contributed by atoms with Gasteiger partial charge in [-0.05, 0) is 51.1 Å². The molecule has 2 unspecified atom stereocenters. The van der Waals surface area contributed by atoms with Gasteiger partial charge < -0.3 is 10.6 Å². The van der Waals surface area contributed by atoms with Crippen molar-refractivity contribution >= 4 is 41.5 Å². The average molecular weight is 381 g/mol. The molecule has 1 aliphatic heterocycles. The Morgan fingerprint density at radius 2 is 2.13 bits per heavy atom. The molecule has 7 heteroatoms. The maximum Gasteiger partial charge on any atom is 0.234 e. The molecule has 0 saturated carbocycles. The third-order valence-electron chi connectivity index (χ3n) is 4.10. The molecule has 2 N–H and O–H groups in total. The minimum absolute atomic E-state index is 0. The van der Waals surface area contributed by atoms with Crippen molar-refractivity contribution in [3.05, 3.63) is 33.8 Å². The smallest absolute Gasteiger partial charge is 0.234 e. The van der Waals surface area contributed by atoms with E-state index in [0.717, 1.165) is 25.1 Å². The van der Waals surface area contributed by atoms with Crippen molar-refractivity contribution in [1.82, 2.24) is 15.5 Å². The van der Waals surface area contributed by atoms with E-state index >= 15 is 0 Å². The van der Waals surface area contributed by atoms with Gasteiger partial charge in [-0.25, -0.2) is 0 Å². The van der Waals surface area contributed by atoms with Gasteiger partial charge in [0, 0.05) is 12.6 Å². The molecule has 1 amide bonds. The molecule has 1 aromatic rings. The molecular weight excluding hydrogens is 357 g/mol. The molecule has 1 saturated heterocycles. The molecule has 0 spiro atoms. The fraction of sp³-hybridized carbons (Fsp3) is 0.562. The zero-order valence-corrected chi connectivity index (χ0v) is 15.8. The summed E-state index contributed by atoms with van der Waals surface area (Å²) in [5.74, 6) is 0.0373. The first-order valence-electron chi connectivity index (χ1n) is 7.63. The van der Waals surface area contributed by atoms with E-state index < -0.39 is 0 Å². The van der Waals surface area contributed by atoms with E-state index in [9.17, 15) is 4.79 Å². The minimum atomic E-state index is -0.0906. The average Bonchev–Trinajstić information content (AvgIpc) is 2.50. The molecule has 4 nitrogen and oxygen atoms in total. The molecule has 130 valence electrons. The fourth-order valence-electron chi connectivity index (χ4n) is 2.79. The second-order valence-electron chi connectivity index (χ2n) is 5.83. The Morgan fingerprint density at radius 1 is 1.39 bits per heavy atom. The first kappa shape index (κ1) is 20.5. The Morgan fingerprint density at radius 3 is 2.78 bits per heavy atom. The van der Waals surface area contributed by atoms with E-state index in [0.29, 0.717) is 22.6 Å². The molecule has 0 aromatic heterocycles. The summed E-state index contributed by atoms with van der Waals surface area (Å²) < 4.78 is 0. The molecule has 1 heterocycles. The summed E-state index contributed by atoms with van der Waals surface area (Å²) in [6.45, 7) is 4.28. The number of halogens is 3. The largest absolute Gasteiger partial charge is 0.348 e. The SMILES string of the molecule is CNC1CCCN(CC(=O)NC(C)c2ccc(Cl)c(Cl)c2)C1.Cl. The zero-order valence-electron chi connectivity index (χ0n) is 13.4. The third-order valence-corrected chi connectivity index (χ3v) is 4.84. The molecule has 0 radical (unpaired) electrons. The number of hydrogen-bond donors (Lipinski definition) is 2. The van der Waals surface area contributed by atoms with Crippen LogP contribution in [0.2, 0.25) is 10.0 Å². The van der Waals surface area contributed by atoms with Gasteiger partial charge in [-0.3, -0.25) is 9.69 Å². The van der Waals surface area contributed by atoms with Crippen LogP contribution in [-0.4, -0.2) is 43.5 Å². The van der Waals surface area contributed by atoms with Crippen molar-refractivity contribution < 1.29 is 4.79 Å². The summed E-state index contributed by atoms with van der Waals surface area (Å²) in [5, 5.41) is 7.34. The molecular formula is C16H24Cl3N3O. The van der Waals surface area contributed by atoms with Crippen molar-refractivity contribution in [3.63, 3.8) is 0 Å². The number of carbonyl (C=O) groups excluding carboxylic acids is 1. The highest BCUT2D eigenvalue weighted by atomic mass is 35.5. The van der Waals surface area contributed by atoms with Crippen LogP contribution in [0.25, 0.3) is 0 Å². The van der Waals surface area contributed by atoms with Crippen LogP contribution in [0.15, 0.2) is 18.2 Å². The number of nitrogens with zero attached hydrogens (tertiary/aromatic N) is 1. The van der Waals surface area contributed by atoms with E-state index in [2.05, 4.69) is 15.5 Å². The van der Waals surface area contributed by atoms with E-state index in [1.807, 2.05) is 20.0 Å².